The molecule has 1 N–H and O–H groups in total. The summed E-state index contributed by atoms with van der Waals surface area (Å²) in [5.41, 5.74) is 3.71. The number of aromatic nitrogens is 2. The smallest absolute Gasteiger partial charge is 0.301 e. The van der Waals surface area contributed by atoms with Crippen molar-refractivity contribution >= 4 is 23.3 Å². The van der Waals surface area contributed by atoms with E-state index in [9.17, 15) is 20.2 Å². The van der Waals surface area contributed by atoms with E-state index in [4.69, 9.17) is 4.42 Å². The largest absolute Gasteiger partial charge is 0.460 e. The molecule has 2 aromatic heterocycles. The number of hydrogen-bond acceptors (Lipinski definition) is 8. The molecule has 0 amide bonds. The van der Waals surface area contributed by atoms with Gasteiger partial charge in [0.15, 0.2) is 5.76 Å². The highest BCUT2D eigenvalue weighted by Gasteiger charge is 2.19. The predicted molar refractivity (Wildman–Crippen MR) is 117 cm³/mol. The lowest BCUT2D eigenvalue weighted by Gasteiger charge is -2.01. The fourth-order valence-electron chi connectivity index (χ4n) is 3.00. The van der Waals surface area contributed by atoms with E-state index in [1.54, 1.807) is 16.9 Å². The molecule has 11 nitrogen and oxygen atoms in total. The number of nitrogens with zero attached hydrogens (tertiary/aromatic N) is 5. The summed E-state index contributed by atoms with van der Waals surface area (Å²) >= 11 is 0. The van der Waals surface area contributed by atoms with Gasteiger partial charge in [-0.25, -0.2) is 4.68 Å². The first-order valence-electron chi connectivity index (χ1n) is 9.36. The Bertz CT molecular complexity index is 1330. The van der Waals surface area contributed by atoms with Crippen molar-refractivity contribution < 1.29 is 14.3 Å². The number of nitro groups is 2. The van der Waals surface area contributed by atoms with E-state index in [2.05, 4.69) is 15.6 Å². The molecule has 4 aromatic rings. The van der Waals surface area contributed by atoms with Crippen LogP contribution in [0.5, 0.6) is 0 Å². The zero-order chi connectivity index (χ0) is 22.7. The second-order valence-electron chi connectivity index (χ2n) is 6.71. The van der Waals surface area contributed by atoms with Gasteiger partial charge in [0.1, 0.15) is 17.1 Å². The molecule has 0 spiro atoms. The van der Waals surface area contributed by atoms with Crippen LogP contribution in [0.3, 0.4) is 0 Å². The summed E-state index contributed by atoms with van der Waals surface area (Å²) in [5.74, 6) is 1.26. The summed E-state index contributed by atoms with van der Waals surface area (Å²) in [6, 6.07) is 16.3. The topological polar surface area (TPSA) is 142 Å². The molecule has 0 bridgehead atoms. The van der Waals surface area contributed by atoms with Gasteiger partial charge in [-0.05, 0) is 37.3 Å². The monoisotopic (exact) mass is 432 g/mol. The second-order valence-corrected chi connectivity index (χ2v) is 6.71. The molecule has 0 radical (unpaired) electrons. The minimum absolute atomic E-state index is 0.0164. The molecule has 0 aliphatic carbocycles. The number of nitro benzene ring substituents is 2. The lowest BCUT2D eigenvalue weighted by atomic mass is 10.2. The van der Waals surface area contributed by atoms with Crippen LogP contribution in [0.4, 0.5) is 17.1 Å². The quantitative estimate of drug-likeness (QED) is 0.253. The van der Waals surface area contributed by atoms with Crippen molar-refractivity contribution in [1.82, 2.24) is 9.78 Å². The third kappa shape index (κ3) is 4.21. The molecule has 0 aliphatic heterocycles. The van der Waals surface area contributed by atoms with Gasteiger partial charge in [0.2, 0.25) is 0 Å². The number of para-hydroxylation sites is 1. The standard InChI is InChI=1S/C21H16N6O5/c1-14-7-10-20(32-14)21-15(13-25(24-21)16-5-3-2-4-6-16)12-22-23-18-9-8-17(26(28)29)11-19(18)27(30)31/h2-13,23H,1H3. The van der Waals surface area contributed by atoms with Crippen molar-refractivity contribution in [1.29, 1.82) is 0 Å². The summed E-state index contributed by atoms with van der Waals surface area (Å²) in [6.45, 7) is 1.82. The Morgan fingerprint density at radius 1 is 1.06 bits per heavy atom. The third-order valence-electron chi connectivity index (χ3n) is 4.51. The van der Waals surface area contributed by atoms with Crippen LogP contribution in [0.25, 0.3) is 17.1 Å². The van der Waals surface area contributed by atoms with Gasteiger partial charge in [-0.2, -0.15) is 10.2 Å². The van der Waals surface area contributed by atoms with Gasteiger partial charge < -0.3 is 4.42 Å². The molecule has 4 rings (SSSR count). The van der Waals surface area contributed by atoms with Crippen molar-refractivity contribution in [2.75, 3.05) is 5.43 Å². The summed E-state index contributed by atoms with van der Waals surface area (Å²) in [7, 11) is 0. The normalized spacial score (nSPS) is 11.0. The highest BCUT2D eigenvalue weighted by molar-refractivity contribution is 5.88. The number of benzene rings is 2. The molecule has 0 aliphatic rings. The maximum Gasteiger partial charge on any atom is 0.301 e. The Hall–Kier alpha value is -4.80. The molecule has 0 saturated heterocycles. The van der Waals surface area contributed by atoms with Crippen molar-refractivity contribution in [3.63, 3.8) is 0 Å². The molecular weight excluding hydrogens is 416 g/mol. The lowest BCUT2D eigenvalue weighted by molar-refractivity contribution is -0.393. The SMILES string of the molecule is Cc1ccc(-c2nn(-c3ccccc3)cc2C=NNc2ccc([N+](=O)[O-])cc2[N+](=O)[O-])o1. The van der Waals surface area contributed by atoms with Gasteiger partial charge in [-0.1, -0.05) is 18.2 Å². The van der Waals surface area contributed by atoms with Gasteiger partial charge in [0, 0.05) is 17.8 Å². The molecule has 0 unspecified atom stereocenters. The average Bonchev–Trinajstić information content (AvgIpc) is 3.40. The Morgan fingerprint density at radius 2 is 1.84 bits per heavy atom. The first-order chi connectivity index (χ1) is 15.4. The van der Waals surface area contributed by atoms with Gasteiger partial charge in [-0.15, -0.1) is 0 Å². The Balaban J connectivity index is 1.67. The van der Waals surface area contributed by atoms with Crippen molar-refractivity contribution in [3.8, 4) is 17.1 Å². The summed E-state index contributed by atoms with van der Waals surface area (Å²) in [6.07, 6.45) is 3.20. The number of nitrogens with one attached hydrogen (secondary N) is 1. The minimum Gasteiger partial charge on any atom is -0.460 e. The second kappa shape index (κ2) is 8.52. The fraction of sp³-hybridized carbons (Fsp3) is 0.0476. The number of rotatable bonds is 7. The molecule has 2 aromatic carbocycles. The van der Waals surface area contributed by atoms with Crippen LogP contribution in [-0.2, 0) is 0 Å². The number of non-ortho nitro benzene ring substituents is 1. The van der Waals surface area contributed by atoms with E-state index in [0.717, 1.165) is 23.6 Å². The average molecular weight is 432 g/mol. The van der Waals surface area contributed by atoms with Crippen molar-refractivity contribution in [2.45, 2.75) is 6.92 Å². The highest BCUT2D eigenvalue weighted by Crippen LogP contribution is 2.29. The van der Waals surface area contributed by atoms with Gasteiger partial charge >= 0.3 is 5.69 Å². The maximum atomic E-state index is 11.3. The molecular formula is C21H16N6O5. The first kappa shape index (κ1) is 20.5. The van der Waals surface area contributed by atoms with Crippen LogP contribution >= 0.6 is 0 Å². The number of hydrazone groups is 1. The van der Waals surface area contributed by atoms with Gasteiger partial charge in [0.25, 0.3) is 5.69 Å². The number of aryl methyl sites for hydroxylation is 1. The number of furan rings is 1. The van der Waals surface area contributed by atoms with E-state index >= 15 is 0 Å². The zero-order valence-corrected chi connectivity index (χ0v) is 16.7. The number of anilines is 1. The van der Waals surface area contributed by atoms with Crippen LogP contribution in [0.1, 0.15) is 11.3 Å². The van der Waals surface area contributed by atoms with Crippen LogP contribution in [0.15, 0.2) is 76.4 Å². The fourth-order valence-corrected chi connectivity index (χ4v) is 3.00. The zero-order valence-electron chi connectivity index (χ0n) is 16.7. The van der Waals surface area contributed by atoms with Crippen LogP contribution < -0.4 is 5.43 Å². The van der Waals surface area contributed by atoms with Gasteiger partial charge in [0.05, 0.1) is 27.8 Å². The summed E-state index contributed by atoms with van der Waals surface area (Å²) in [5, 5.41) is 30.9. The van der Waals surface area contributed by atoms with E-state index in [1.165, 1.54) is 12.3 Å². The van der Waals surface area contributed by atoms with E-state index < -0.39 is 15.5 Å². The van der Waals surface area contributed by atoms with Crippen LogP contribution in [0.2, 0.25) is 0 Å². The first-order valence-corrected chi connectivity index (χ1v) is 9.36. The molecule has 32 heavy (non-hydrogen) atoms. The minimum atomic E-state index is -0.713. The van der Waals surface area contributed by atoms with Crippen LogP contribution in [-0.4, -0.2) is 25.8 Å². The molecule has 0 atom stereocenters. The Morgan fingerprint density at radius 3 is 2.50 bits per heavy atom. The Labute approximate surface area is 180 Å². The van der Waals surface area contributed by atoms with E-state index in [-0.39, 0.29) is 11.4 Å². The predicted octanol–water partition coefficient (Wildman–Crippen LogP) is 4.70. The van der Waals surface area contributed by atoms with Crippen LogP contribution in [0, 0.1) is 27.2 Å². The molecule has 11 heteroatoms. The number of hydrogen-bond donors (Lipinski definition) is 1. The Kier molecular flexibility index (Phi) is 5.45. The molecule has 0 saturated carbocycles. The van der Waals surface area contributed by atoms with E-state index in [0.29, 0.717) is 17.0 Å². The summed E-state index contributed by atoms with van der Waals surface area (Å²) < 4.78 is 7.37. The maximum absolute atomic E-state index is 11.3. The third-order valence-corrected chi connectivity index (χ3v) is 4.51. The highest BCUT2D eigenvalue weighted by atomic mass is 16.6. The molecule has 160 valence electrons. The van der Waals surface area contributed by atoms with Crippen molar-refractivity contribution in [3.05, 3.63) is 98.4 Å². The van der Waals surface area contributed by atoms with E-state index in [1.807, 2.05) is 43.3 Å². The molecule has 2 heterocycles. The van der Waals surface area contributed by atoms with Crippen molar-refractivity contribution in [2.24, 2.45) is 5.10 Å². The lowest BCUT2D eigenvalue weighted by Crippen LogP contribution is -1.98. The van der Waals surface area contributed by atoms with Gasteiger partial charge in [-0.3, -0.25) is 25.7 Å². The summed E-state index contributed by atoms with van der Waals surface area (Å²) in [4.78, 5) is 20.8. The molecule has 0 fully saturated rings.